The molecule has 0 saturated carbocycles. The number of rotatable bonds is 1. The lowest BCUT2D eigenvalue weighted by Crippen LogP contribution is -1.93. The van der Waals surface area contributed by atoms with E-state index in [0.717, 1.165) is 16.6 Å². The number of hydrogen-bond donors (Lipinski definition) is 1. The lowest BCUT2D eigenvalue weighted by atomic mass is 10.2. The topological polar surface area (TPSA) is 66.0 Å². The molecule has 0 aliphatic heterocycles. The number of carboxylic acid groups (broad SMARTS) is 1. The Labute approximate surface area is 126 Å². The van der Waals surface area contributed by atoms with Crippen molar-refractivity contribution >= 4 is 17.4 Å². The summed E-state index contributed by atoms with van der Waals surface area (Å²) in [5, 5.41) is 16.9. The van der Waals surface area contributed by atoms with Crippen molar-refractivity contribution in [2.75, 3.05) is 0 Å². The molecule has 0 amide bonds. The van der Waals surface area contributed by atoms with E-state index in [4.69, 9.17) is 15.2 Å². The van der Waals surface area contributed by atoms with E-state index in [9.17, 15) is 4.39 Å². The normalized spacial score (nSPS) is 9.68. The summed E-state index contributed by atoms with van der Waals surface area (Å²) in [6, 6.07) is 14.9. The molecule has 110 valence electrons. The Morgan fingerprint density at radius 2 is 1.95 bits per heavy atom. The van der Waals surface area contributed by atoms with Gasteiger partial charge in [-0.15, -0.1) is 0 Å². The Kier molecular flexibility index (Phi) is 4.54. The Morgan fingerprint density at radius 1 is 1.27 bits per heavy atom. The smallest absolute Gasteiger partial charge is 0.290 e. The monoisotopic (exact) mass is 296 g/mol. The Balaban J connectivity index is 0.000000545. The van der Waals surface area contributed by atoms with Crippen LogP contribution in [0.25, 0.3) is 16.6 Å². The van der Waals surface area contributed by atoms with E-state index < -0.39 is 0 Å². The molecule has 0 radical (unpaired) electrons. The number of para-hydroxylation sites is 1. The number of nitriles is 1. The summed E-state index contributed by atoms with van der Waals surface area (Å²) < 4.78 is 15.5. The van der Waals surface area contributed by atoms with Gasteiger partial charge in [0.25, 0.3) is 6.47 Å². The summed E-state index contributed by atoms with van der Waals surface area (Å²) in [4.78, 5) is 8.36. The first-order chi connectivity index (χ1) is 10.6. The maximum absolute atomic E-state index is 13.7. The molecule has 0 saturated heterocycles. The average Bonchev–Trinajstić information content (AvgIpc) is 2.90. The van der Waals surface area contributed by atoms with Crippen molar-refractivity contribution < 1.29 is 14.3 Å². The first-order valence-corrected chi connectivity index (χ1v) is 6.47. The summed E-state index contributed by atoms with van der Waals surface area (Å²) in [5.74, 6) is -0.242. The third-order valence-corrected chi connectivity index (χ3v) is 3.27. The first kappa shape index (κ1) is 15.3. The molecule has 3 aromatic rings. The van der Waals surface area contributed by atoms with Crippen molar-refractivity contribution in [3.8, 4) is 11.8 Å². The van der Waals surface area contributed by atoms with Crippen LogP contribution in [0.3, 0.4) is 0 Å². The highest BCUT2D eigenvalue weighted by molar-refractivity contribution is 5.87. The molecule has 4 nitrogen and oxygen atoms in total. The summed E-state index contributed by atoms with van der Waals surface area (Å²) in [6.07, 6.45) is 1.74. The lowest BCUT2D eigenvalue weighted by molar-refractivity contribution is -0.122. The van der Waals surface area contributed by atoms with Crippen molar-refractivity contribution in [3.63, 3.8) is 0 Å². The number of aromatic nitrogens is 1. The van der Waals surface area contributed by atoms with E-state index >= 15 is 0 Å². The van der Waals surface area contributed by atoms with E-state index in [2.05, 4.69) is 6.07 Å². The number of nitrogens with zero attached hydrogens (tertiary/aromatic N) is 2. The predicted molar refractivity (Wildman–Crippen MR) is 81.4 cm³/mol. The Bertz CT molecular complexity index is 863. The van der Waals surface area contributed by atoms with E-state index in [1.54, 1.807) is 19.2 Å². The van der Waals surface area contributed by atoms with Crippen molar-refractivity contribution in [2.45, 2.75) is 6.92 Å². The van der Waals surface area contributed by atoms with Crippen molar-refractivity contribution in [3.05, 3.63) is 65.6 Å². The minimum atomic E-state index is -0.250. The fourth-order valence-corrected chi connectivity index (χ4v) is 2.21. The first-order valence-electron chi connectivity index (χ1n) is 6.47. The minimum Gasteiger partial charge on any atom is -0.483 e. The van der Waals surface area contributed by atoms with Gasteiger partial charge in [0.2, 0.25) is 0 Å². The highest BCUT2D eigenvalue weighted by Crippen LogP contribution is 2.25. The van der Waals surface area contributed by atoms with Gasteiger partial charge in [-0.05, 0) is 30.7 Å². The summed E-state index contributed by atoms with van der Waals surface area (Å²) in [7, 11) is 0. The van der Waals surface area contributed by atoms with Crippen LogP contribution < -0.4 is 0 Å². The van der Waals surface area contributed by atoms with Gasteiger partial charge in [-0.2, -0.15) is 5.26 Å². The quantitative estimate of drug-likeness (QED) is 0.697. The molecule has 0 spiro atoms. The molecule has 1 heterocycles. The molecular weight excluding hydrogens is 283 g/mol. The number of aryl methyl sites for hydroxylation is 1. The molecule has 0 aliphatic rings. The van der Waals surface area contributed by atoms with Crippen LogP contribution in [-0.4, -0.2) is 16.1 Å². The number of fused-ring (bicyclic) bond motifs is 1. The van der Waals surface area contributed by atoms with E-state index in [1.807, 2.05) is 34.9 Å². The standard InChI is InChI=1S/C16H11FN2.CH2O2/c1-11-6-7-13(8-15(11)17)19-10-12(9-18)14-4-2-3-5-16(14)19;2-1-3/h2-8,10H,1H3;1H,(H,2,3). The SMILES string of the molecule is Cc1ccc(-n2cc(C#N)c3ccccc32)cc1F.O=CO. The number of benzene rings is 2. The van der Waals surface area contributed by atoms with Gasteiger partial charge in [0.1, 0.15) is 11.9 Å². The van der Waals surface area contributed by atoms with Gasteiger partial charge in [-0.25, -0.2) is 4.39 Å². The second-order valence-electron chi connectivity index (χ2n) is 4.58. The largest absolute Gasteiger partial charge is 0.483 e. The van der Waals surface area contributed by atoms with Crippen LogP contribution >= 0.6 is 0 Å². The van der Waals surface area contributed by atoms with Crippen LogP contribution in [0.4, 0.5) is 4.39 Å². The van der Waals surface area contributed by atoms with Gasteiger partial charge < -0.3 is 9.67 Å². The molecule has 0 atom stereocenters. The van der Waals surface area contributed by atoms with Crippen LogP contribution in [0.1, 0.15) is 11.1 Å². The molecule has 1 N–H and O–H groups in total. The minimum absolute atomic E-state index is 0.242. The third-order valence-electron chi connectivity index (χ3n) is 3.27. The second kappa shape index (κ2) is 6.55. The Morgan fingerprint density at radius 3 is 2.59 bits per heavy atom. The van der Waals surface area contributed by atoms with Crippen LogP contribution in [-0.2, 0) is 4.79 Å². The maximum atomic E-state index is 13.7. The number of hydrogen-bond acceptors (Lipinski definition) is 2. The van der Waals surface area contributed by atoms with E-state index in [0.29, 0.717) is 11.1 Å². The zero-order valence-corrected chi connectivity index (χ0v) is 11.8. The maximum Gasteiger partial charge on any atom is 0.290 e. The van der Waals surface area contributed by atoms with E-state index in [1.165, 1.54) is 6.07 Å². The lowest BCUT2D eigenvalue weighted by Gasteiger charge is -2.06. The second-order valence-corrected chi connectivity index (χ2v) is 4.58. The molecule has 22 heavy (non-hydrogen) atoms. The highest BCUT2D eigenvalue weighted by Gasteiger charge is 2.09. The fourth-order valence-electron chi connectivity index (χ4n) is 2.21. The summed E-state index contributed by atoms with van der Waals surface area (Å²) in [5.41, 5.74) is 2.83. The summed E-state index contributed by atoms with van der Waals surface area (Å²) >= 11 is 0. The van der Waals surface area contributed by atoms with Gasteiger partial charge in [-0.3, -0.25) is 4.79 Å². The number of carbonyl (C=O) groups is 1. The zero-order chi connectivity index (χ0) is 16.1. The van der Waals surface area contributed by atoms with Crippen molar-refractivity contribution in [1.82, 2.24) is 4.57 Å². The molecule has 0 unspecified atom stereocenters. The fraction of sp³-hybridized carbons (Fsp3) is 0.0588. The van der Waals surface area contributed by atoms with Gasteiger partial charge in [0, 0.05) is 17.3 Å². The molecule has 0 bridgehead atoms. The summed E-state index contributed by atoms with van der Waals surface area (Å²) in [6.45, 7) is 1.48. The molecule has 1 aromatic heterocycles. The molecule has 2 aromatic carbocycles. The van der Waals surface area contributed by atoms with Crippen LogP contribution in [0, 0.1) is 24.1 Å². The highest BCUT2D eigenvalue weighted by atomic mass is 19.1. The third kappa shape index (κ3) is 2.81. The van der Waals surface area contributed by atoms with Gasteiger partial charge in [0.15, 0.2) is 0 Å². The van der Waals surface area contributed by atoms with Gasteiger partial charge in [-0.1, -0.05) is 24.3 Å². The van der Waals surface area contributed by atoms with Crippen LogP contribution in [0.5, 0.6) is 0 Å². The van der Waals surface area contributed by atoms with Crippen LogP contribution in [0.15, 0.2) is 48.7 Å². The molecular formula is C17H13FN2O2. The average molecular weight is 296 g/mol. The zero-order valence-electron chi connectivity index (χ0n) is 11.8. The molecule has 0 aliphatic carbocycles. The molecule has 0 fully saturated rings. The van der Waals surface area contributed by atoms with Crippen molar-refractivity contribution in [1.29, 1.82) is 5.26 Å². The molecule has 5 heteroatoms. The van der Waals surface area contributed by atoms with Crippen molar-refractivity contribution in [2.24, 2.45) is 0 Å². The number of halogens is 1. The Hall–Kier alpha value is -3.13. The van der Waals surface area contributed by atoms with Gasteiger partial charge in [0.05, 0.1) is 11.1 Å². The molecule has 3 rings (SSSR count). The van der Waals surface area contributed by atoms with Gasteiger partial charge >= 0.3 is 0 Å². The van der Waals surface area contributed by atoms with E-state index in [-0.39, 0.29) is 12.3 Å². The van der Waals surface area contributed by atoms with Crippen LogP contribution in [0.2, 0.25) is 0 Å². The predicted octanol–water partition coefficient (Wildman–Crippen LogP) is 3.65.